The molecular weight excluding hydrogens is 738 g/mol. The highest BCUT2D eigenvalue weighted by Crippen LogP contribution is 2.27. The van der Waals surface area contributed by atoms with E-state index in [1.54, 1.807) is 20.8 Å². The van der Waals surface area contributed by atoms with Crippen molar-refractivity contribution < 1.29 is 52.4 Å². The van der Waals surface area contributed by atoms with Crippen LogP contribution in [0.1, 0.15) is 67.1 Å². The molecule has 0 saturated carbocycles. The molecule has 0 fully saturated rings. The van der Waals surface area contributed by atoms with Gasteiger partial charge in [0.15, 0.2) is 30.7 Å². The van der Waals surface area contributed by atoms with Crippen molar-refractivity contribution in [1.82, 2.24) is 14.7 Å². The number of nitrogens with zero attached hydrogens (tertiary/aromatic N) is 5. The summed E-state index contributed by atoms with van der Waals surface area (Å²) in [5, 5.41) is 24.7. The summed E-state index contributed by atoms with van der Waals surface area (Å²) < 4.78 is 30.3. The fourth-order valence-corrected chi connectivity index (χ4v) is 5.18. The third kappa shape index (κ3) is 13.9. The molecule has 5 N–H and O–H groups in total. The number of carbonyl (C=O) groups is 2. The third-order valence-electron chi connectivity index (χ3n) is 7.70. The van der Waals surface area contributed by atoms with E-state index in [4.69, 9.17) is 30.8 Å². The highest BCUT2D eigenvalue weighted by molar-refractivity contribution is 6.03. The lowest BCUT2D eigenvalue weighted by Gasteiger charge is -2.16. The van der Waals surface area contributed by atoms with Gasteiger partial charge < -0.3 is 48.0 Å². The molecule has 304 valence electrons. The molecule has 0 aliphatic heterocycles. The first-order valence-corrected chi connectivity index (χ1v) is 17.3. The van der Waals surface area contributed by atoms with Crippen molar-refractivity contribution in [2.45, 2.75) is 66.2 Å². The Balaban J connectivity index is 0.000000655. The number of aliphatic hydroxyl groups is 1. The zero-order valence-corrected chi connectivity index (χ0v) is 31.8. The second-order valence-electron chi connectivity index (χ2n) is 12.4. The van der Waals surface area contributed by atoms with Gasteiger partial charge in [0.1, 0.15) is 24.6 Å². The second kappa shape index (κ2) is 21.6. The number of amidine groups is 1. The Morgan fingerprint density at radius 1 is 1.09 bits per heavy atom. The minimum Gasteiger partial charge on any atom is -0.460 e. The SMILES string of the molecule is CCCc1nc(C(C)(C)O)c(C)n1Cc1ccc(-c2ccccc2/C(N)=N/N(N)COC(=O)OCCOCCO[N+](=O)[O-])cc1.Cc1oc(=O)oc1COC=O. The molecule has 20 nitrogen and oxygen atoms in total. The maximum absolute atomic E-state index is 11.8. The van der Waals surface area contributed by atoms with E-state index in [1.165, 1.54) is 0 Å². The molecule has 0 spiro atoms. The predicted octanol–water partition coefficient (Wildman–Crippen LogP) is 3.43. The Bertz CT molecular complexity index is 1960. The summed E-state index contributed by atoms with van der Waals surface area (Å²) in [5.74, 6) is 6.70. The first-order chi connectivity index (χ1) is 26.6. The van der Waals surface area contributed by atoms with Crippen molar-refractivity contribution in [3.05, 3.63) is 109 Å². The molecule has 0 bridgehead atoms. The van der Waals surface area contributed by atoms with Gasteiger partial charge in [0.05, 0.1) is 18.9 Å². The molecule has 4 aromatic rings. The van der Waals surface area contributed by atoms with Crippen LogP contribution in [0.4, 0.5) is 4.79 Å². The van der Waals surface area contributed by atoms with Crippen molar-refractivity contribution in [2.24, 2.45) is 16.7 Å². The second-order valence-corrected chi connectivity index (χ2v) is 12.4. The highest BCUT2D eigenvalue weighted by atomic mass is 17.0. The van der Waals surface area contributed by atoms with Crippen LogP contribution in [-0.2, 0) is 53.8 Å². The van der Waals surface area contributed by atoms with Crippen LogP contribution in [0.15, 0.2) is 67.3 Å². The number of hydrogen-bond acceptors (Lipinski definition) is 17. The van der Waals surface area contributed by atoms with Crippen LogP contribution < -0.4 is 17.4 Å². The minimum atomic E-state index is -1.03. The van der Waals surface area contributed by atoms with E-state index in [0.29, 0.717) is 23.6 Å². The van der Waals surface area contributed by atoms with Gasteiger partial charge in [0, 0.05) is 24.2 Å². The van der Waals surface area contributed by atoms with Crippen LogP contribution >= 0.6 is 0 Å². The van der Waals surface area contributed by atoms with Gasteiger partial charge in [-0.1, -0.05) is 55.5 Å². The average molecular weight is 786 g/mol. The fourth-order valence-electron chi connectivity index (χ4n) is 5.18. The van der Waals surface area contributed by atoms with E-state index in [-0.39, 0.29) is 51.1 Å². The predicted molar refractivity (Wildman–Crippen MR) is 198 cm³/mol. The van der Waals surface area contributed by atoms with Crippen molar-refractivity contribution in [3.63, 3.8) is 0 Å². The van der Waals surface area contributed by atoms with Crippen LogP contribution in [0.5, 0.6) is 0 Å². The molecule has 2 heterocycles. The van der Waals surface area contributed by atoms with Crippen molar-refractivity contribution in [3.8, 4) is 11.1 Å². The van der Waals surface area contributed by atoms with E-state index in [9.17, 15) is 29.6 Å². The number of nitrogens with two attached hydrogens (primary N) is 2. The first-order valence-electron chi connectivity index (χ1n) is 17.3. The Morgan fingerprint density at radius 2 is 1.79 bits per heavy atom. The lowest BCUT2D eigenvalue weighted by atomic mass is 9.98. The van der Waals surface area contributed by atoms with Crippen LogP contribution in [0.3, 0.4) is 0 Å². The third-order valence-corrected chi connectivity index (χ3v) is 7.70. The van der Waals surface area contributed by atoms with Crippen molar-refractivity contribution in [2.75, 3.05) is 33.2 Å². The van der Waals surface area contributed by atoms with E-state index in [1.807, 2.05) is 55.5 Å². The molecular formula is C36H47N7O13. The van der Waals surface area contributed by atoms with E-state index >= 15 is 0 Å². The number of ether oxygens (including phenoxy) is 4. The number of rotatable bonds is 20. The van der Waals surface area contributed by atoms with Crippen LogP contribution in [0.2, 0.25) is 0 Å². The van der Waals surface area contributed by atoms with Gasteiger partial charge in [-0.05, 0) is 50.8 Å². The Kier molecular flexibility index (Phi) is 17.0. The number of hydrazone groups is 1. The summed E-state index contributed by atoms with van der Waals surface area (Å²) in [6, 6.07) is 15.5. The Labute approximate surface area is 321 Å². The zero-order chi connectivity index (χ0) is 41.3. The maximum atomic E-state index is 11.8. The first kappa shape index (κ1) is 44.1. The number of aromatic nitrogens is 2. The van der Waals surface area contributed by atoms with Gasteiger partial charge in [-0.15, -0.1) is 15.2 Å². The summed E-state index contributed by atoms with van der Waals surface area (Å²) in [6.07, 6.45) is 0.750. The van der Waals surface area contributed by atoms with E-state index in [2.05, 4.69) is 35.0 Å². The molecule has 56 heavy (non-hydrogen) atoms. The number of aryl methyl sites for hydroxylation is 2. The molecule has 0 saturated heterocycles. The number of hydrazine groups is 1. The average Bonchev–Trinajstić information content (AvgIpc) is 3.65. The summed E-state index contributed by atoms with van der Waals surface area (Å²) in [5.41, 5.74) is 10.3. The lowest BCUT2D eigenvalue weighted by Crippen LogP contribution is -2.33. The molecule has 2 aromatic carbocycles. The number of hydrogen-bond donors (Lipinski definition) is 3. The smallest absolute Gasteiger partial charge is 0.460 e. The summed E-state index contributed by atoms with van der Waals surface area (Å²) in [4.78, 5) is 50.8. The van der Waals surface area contributed by atoms with E-state index < -0.39 is 29.4 Å². The van der Waals surface area contributed by atoms with Crippen molar-refractivity contribution in [1.29, 1.82) is 0 Å². The summed E-state index contributed by atoms with van der Waals surface area (Å²) >= 11 is 0. The zero-order valence-electron chi connectivity index (χ0n) is 31.8. The van der Waals surface area contributed by atoms with Gasteiger partial charge in [-0.25, -0.2) is 20.4 Å². The number of benzene rings is 2. The molecule has 20 heteroatoms. The molecule has 0 aliphatic carbocycles. The highest BCUT2D eigenvalue weighted by Gasteiger charge is 2.25. The van der Waals surface area contributed by atoms with Gasteiger partial charge in [-0.3, -0.25) is 4.79 Å². The standard InChI is InChI=1S/C30H41N7O8.C6H6O5/c1-5-8-26-33-27(30(3,4)39)21(2)35(26)19-22-11-13-23(14-12-22)24-9-6-7-10-25(24)28(31)34-36(32)20-44-29(38)43-17-15-42-16-18-45-37(40)41;1-4-5(2-9-3-7)11-6(8)10-4/h6-7,9-14,39H,5,8,15-20,32H2,1-4H3,(H2,31,34);3H,2H2,1H3. The maximum Gasteiger partial charge on any atom is 0.519 e. The molecule has 4 rings (SSSR count). The van der Waals surface area contributed by atoms with Crippen LogP contribution in [-0.4, -0.2) is 76.5 Å². The molecule has 0 radical (unpaired) electrons. The quantitative estimate of drug-likeness (QED) is 0.0133. The van der Waals surface area contributed by atoms with Crippen LogP contribution in [0, 0.1) is 24.0 Å². The number of carbonyl (C=O) groups excluding carboxylic acids is 2. The Hall–Kier alpha value is -6.25. The molecule has 0 aliphatic rings. The fraction of sp³-hybridized carbons (Fsp3) is 0.417. The van der Waals surface area contributed by atoms with Crippen LogP contribution in [0.25, 0.3) is 11.1 Å². The minimum absolute atomic E-state index is 0.00252. The molecule has 2 aromatic heterocycles. The van der Waals surface area contributed by atoms with Crippen molar-refractivity contribution >= 4 is 18.5 Å². The van der Waals surface area contributed by atoms with Gasteiger partial charge in [0.2, 0.25) is 0 Å². The molecule has 0 unspecified atom stereocenters. The monoisotopic (exact) mass is 785 g/mol. The molecule has 0 atom stereocenters. The van der Waals surface area contributed by atoms with Gasteiger partial charge >= 0.3 is 12.0 Å². The normalized spacial score (nSPS) is 11.3. The largest absolute Gasteiger partial charge is 0.519 e. The molecule has 0 amide bonds. The van der Waals surface area contributed by atoms with E-state index in [0.717, 1.165) is 46.2 Å². The number of imidazole rings is 1. The van der Waals surface area contributed by atoms with Gasteiger partial charge in [-0.2, -0.15) is 5.12 Å². The lowest BCUT2D eigenvalue weighted by molar-refractivity contribution is -0.758. The van der Waals surface area contributed by atoms with Gasteiger partial charge in [0.25, 0.3) is 11.6 Å². The topological polar surface area (TPSA) is 272 Å². The summed E-state index contributed by atoms with van der Waals surface area (Å²) in [6.45, 7) is 9.12. The summed E-state index contributed by atoms with van der Waals surface area (Å²) in [7, 11) is 0. The Morgan fingerprint density at radius 3 is 2.41 bits per heavy atom.